The van der Waals surface area contributed by atoms with Gasteiger partial charge in [0.2, 0.25) is 0 Å². The summed E-state index contributed by atoms with van der Waals surface area (Å²) in [7, 11) is 0. The summed E-state index contributed by atoms with van der Waals surface area (Å²) in [5.41, 5.74) is 1.28. The van der Waals surface area contributed by atoms with Gasteiger partial charge in [-0.15, -0.1) is 5.10 Å². The molecule has 2 aromatic rings. The number of hydrogen-bond acceptors (Lipinski definition) is 5. The minimum atomic E-state index is -0.526. The van der Waals surface area contributed by atoms with E-state index in [0.717, 1.165) is 6.42 Å². The van der Waals surface area contributed by atoms with Crippen LogP contribution in [0.25, 0.3) is 11.0 Å². The highest BCUT2D eigenvalue weighted by molar-refractivity contribution is 6.29. The highest BCUT2D eigenvalue weighted by Gasteiger charge is 2.53. The number of allylic oxidation sites excluding steroid dienone is 2. The Morgan fingerprint density at radius 3 is 2.72 bits per heavy atom. The molecule has 1 heterocycles. The largest absolute Gasteiger partial charge is 0.460 e. The fourth-order valence-corrected chi connectivity index (χ4v) is 3.95. The van der Waals surface area contributed by atoms with E-state index < -0.39 is 17.8 Å². The topological polar surface area (TPSA) is 74.1 Å². The third-order valence-electron chi connectivity index (χ3n) is 4.95. The molecule has 1 aromatic carbocycles. The molecule has 1 saturated carbocycles. The molecule has 6 nitrogen and oxygen atoms in total. The van der Waals surface area contributed by atoms with Gasteiger partial charge in [0.15, 0.2) is 0 Å². The third-order valence-corrected chi connectivity index (χ3v) is 5.06. The van der Waals surface area contributed by atoms with E-state index in [2.05, 4.69) is 16.9 Å². The zero-order valence-corrected chi connectivity index (χ0v) is 14.1. The molecule has 0 saturated heterocycles. The van der Waals surface area contributed by atoms with Crippen molar-refractivity contribution in [2.75, 3.05) is 6.61 Å². The summed E-state index contributed by atoms with van der Waals surface area (Å²) >= 11 is 5.68. The van der Waals surface area contributed by atoms with Crippen molar-refractivity contribution in [2.24, 2.45) is 23.7 Å². The summed E-state index contributed by atoms with van der Waals surface area (Å²) in [5.74, 6) is -1.65. The Morgan fingerprint density at radius 2 is 1.96 bits per heavy atom. The van der Waals surface area contributed by atoms with Crippen LogP contribution < -0.4 is 0 Å². The van der Waals surface area contributed by atoms with E-state index in [1.165, 1.54) is 4.68 Å². The van der Waals surface area contributed by atoms with Crippen LogP contribution in [0.5, 0.6) is 0 Å². The molecule has 7 heteroatoms. The number of ether oxygens (including phenoxy) is 1. The highest BCUT2D eigenvalue weighted by atomic mass is 35.5. The maximum Gasteiger partial charge on any atom is 0.310 e. The minimum absolute atomic E-state index is 0.00447. The van der Waals surface area contributed by atoms with Crippen molar-refractivity contribution >= 4 is 34.5 Å². The zero-order chi connectivity index (χ0) is 17.6. The van der Waals surface area contributed by atoms with Crippen molar-refractivity contribution < 1.29 is 14.3 Å². The van der Waals surface area contributed by atoms with Gasteiger partial charge in [-0.05, 0) is 30.4 Å². The Bertz CT molecular complexity index is 904. The average molecular weight is 358 g/mol. The maximum absolute atomic E-state index is 13.1. The van der Waals surface area contributed by atoms with Crippen LogP contribution in [-0.4, -0.2) is 33.5 Å². The Labute approximate surface area is 149 Å². The van der Waals surface area contributed by atoms with Gasteiger partial charge >= 0.3 is 5.97 Å². The molecule has 25 heavy (non-hydrogen) atoms. The van der Waals surface area contributed by atoms with E-state index in [1.807, 2.05) is 24.3 Å². The third kappa shape index (κ3) is 2.66. The second kappa shape index (κ2) is 6.11. The van der Waals surface area contributed by atoms with Gasteiger partial charge in [0.25, 0.3) is 5.91 Å². The lowest BCUT2D eigenvalue weighted by atomic mass is 9.82. The molecule has 4 atom stereocenters. The first-order valence-electron chi connectivity index (χ1n) is 8.09. The van der Waals surface area contributed by atoms with Crippen LogP contribution in [0.4, 0.5) is 0 Å². The second-order valence-electron chi connectivity index (χ2n) is 6.45. The second-order valence-corrected chi connectivity index (χ2v) is 6.99. The van der Waals surface area contributed by atoms with Gasteiger partial charge in [-0.2, -0.15) is 4.68 Å². The molecule has 0 radical (unpaired) electrons. The van der Waals surface area contributed by atoms with Crippen molar-refractivity contribution in [3.8, 4) is 0 Å². The molecular formula is C18H16ClN3O3. The van der Waals surface area contributed by atoms with Crippen LogP contribution in [0.2, 0.25) is 0 Å². The van der Waals surface area contributed by atoms with Gasteiger partial charge in [0.05, 0.1) is 17.4 Å². The summed E-state index contributed by atoms with van der Waals surface area (Å²) < 4.78 is 6.52. The lowest BCUT2D eigenvalue weighted by Gasteiger charge is -2.25. The molecule has 2 bridgehead atoms. The SMILES string of the molecule is C=C(Cl)COC(=O)[C@H]1[C@@H](C(=O)n2nnc3ccccc32)[C@H]2C=C[C@@H]1C2. The summed E-state index contributed by atoms with van der Waals surface area (Å²) in [4.78, 5) is 25.7. The van der Waals surface area contributed by atoms with E-state index >= 15 is 0 Å². The van der Waals surface area contributed by atoms with Gasteiger partial charge in [-0.3, -0.25) is 9.59 Å². The van der Waals surface area contributed by atoms with Gasteiger partial charge in [0, 0.05) is 5.03 Å². The maximum atomic E-state index is 13.1. The number of aromatic nitrogens is 3. The van der Waals surface area contributed by atoms with E-state index in [0.29, 0.717) is 11.0 Å². The lowest BCUT2D eigenvalue weighted by Crippen LogP contribution is -2.37. The monoisotopic (exact) mass is 357 g/mol. The van der Waals surface area contributed by atoms with Crippen LogP contribution in [-0.2, 0) is 9.53 Å². The molecule has 2 aliphatic rings. The highest BCUT2D eigenvalue weighted by Crippen LogP contribution is 2.49. The van der Waals surface area contributed by atoms with Crippen molar-refractivity contribution in [1.29, 1.82) is 0 Å². The Hall–Kier alpha value is -2.47. The molecule has 1 aromatic heterocycles. The predicted octanol–water partition coefficient (Wildman–Crippen LogP) is 2.81. The van der Waals surface area contributed by atoms with Crippen LogP contribution in [0.15, 0.2) is 48.0 Å². The van der Waals surface area contributed by atoms with Crippen molar-refractivity contribution in [3.63, 3.8) is 0 Å². The predicted molar refractivity (Wildman–Crippen MR) is 91.8 cm³/mol. The van der Waals surface area contributed by atoms with E-state index in [-0.39, 0.29) is 29.4 Å². The van der Waals surface area contributed by atoms with Crippen molar-refractivity contribution in [3.05, 3.63) is 48.0 Å². The first-order chi connectivity index (χ1) is 12.1. The number of fused-ring (bicyclic) bond motifs is 3. The fourth-order valence-electron chi connectivity index (χ4n) is 3.90. The Kier molecular flexibility index (Phi) is 3.92. The number of para-hydroxylation sites is 1. The molecule has 0 unspecified atom stereocenters. The number of esters is 1. The first-order valence-corrected chi connectivity index (χ1v) is 8.47. The minimum Gasteiger partial charge on any atom is -0.460 e. The zero-order valence-electron chi connectivity index (χ0n) is 13.3. The number of carbonyl (C=O) groups excluding carboxylic acids is 2. The first kappa shape index (κ1) is 16.0. The van der Waals surface area contributed by atoms with Gasteiger partial charge in [-0.1, -0.05) is 47.7 Å². The summed E-state index contributed by atoms with van der Waals surface area (Å²) in [6.45, 7) is 3.47. The van der Waals surface area contributed by atoms with Gasteiger partial charge in [-0.25, -0.2) is 0 Å². The van der Waals surface area contributed by atoms with E-state index in [1.54, 1.807) is 12.1 Å². The smallest absolute Gasteiger partial charge is 0.310 e. The standard InChI is InChI=1S/C18H16ClN3O3/c1-10(19)9-25-18(24)16-12-7-6-11(8-12)15(16)17(23)22-14-5-3-2-4-13(14)20-21-22/h2-7,11-12,15-16H,1,8-9H2/t11-,12+,15-,16+/m0/s1. The van der Waals surface area contributed by atoms with Gasteiger partial charge in [0.1, 0.15) is 12.1 Å². The molecular weight excluding hydrogens is 342 g/mol. The Morgan fingerprint density at radius 1 is 1.24 bits per heavy atom. The number of rotatable bonds is 4. The van der Waals surface area contributed by atoms with Crippen molar-refractivity contribution in [1.82, 2.24) is 15.0 Å². The quantitative estimate of drug-likeness (QED) is 0.621. The molecule has 0 N–H and O–H groups in total. The number of halogens is 1. The summed E-state index contributed by atoms with van der Waals surface area (Å²) in [5, 5.41) is 8.28. The van der Waals surface area contributed by atoms with E-state index in [9.17, 15) is 9.59 Å². The normalized spacial score (nSPS) is 26.9. The summed E-state index contributed by atoms with van der Waals surface area (Å²) in [6, 6.07) is 7.25. The van der Waals surface area contributed by atoms with Crippen LogP contribution in [0.3, 0.4) is 0 Å². The average Bonchev–Trinajstić information content (AvgIpc) is 3.32. The van der Waals surface area contributed by atoms with Crippen LogP contribution >= 0.6 is 11.6 Å². The molecule has 0 amide bonds. The molecule has 4 rings (SSSR count). The van der Waals surface area contributed by atoms with Crippen LogP contribution in [0.1, 0.15) is 11.2 Å². The number of hydrogen-bond donors (Lipinski definition) is 0. The summed E-state index contributed by atoms with van der Waals surface area (Å²) in [6.07, 6.45) is 4.77. The fraction of sp³-hybridized carbons (Fsp3) is 0.333. The lowest BCUT2D eigenvalue weighted by molar-refractivity contribution is -0.149. The molecule has 0 aliphatic heterocycles. The van der Waals surface area contributed by atoms with Gasteiger partial charge < -0.3 is 4.74 Å². The number of carbonyl (C=O) groups is 2. The number of benzene rings is 1. The molecule has 0 spiro atoms. The molecule has 2 aliphatic carbocycles. The molecule has 1 fully saturated rings. The number of nitrogens with zero attached hydrogens (tertiary/aromatic N) is 3. The Balaban J connectivity index is 1.65. The van der Waals surface area contributed by atoms with Crippen molar-refractivity contribution in [2.45, 2.75) is 6.42 Å². The van der Waals surface area contributed by atoms with E-state index in [4.69, 9.17) is 16.3 Å². The van der Waals surface area contributed by atoms with Crippen LogP contribution in [0, 0.1) is 23.7 Å². The molecule has 128 valence electrons.